The lowest BCUT2D eigenvalue weighted by atomic mass is 10.1. The molecule has 1 aromatic heterocycles. The van der Waals surface area contributed by atoms with Crippen LogP contribution in [0.3, 0.4) is 0 Å². The van der Waals surface area contributed by atoms with Gasteiger partial charge in [0.15, 0.2) is 5.96 Å². The van der Waals surface area contributed by atoms with E-state index in [4.69, 9.17) is 5.14 Å². The van der Waals surface area contributed by atoms with Crippen molar-refractivity contribution in [1.82, 2.24) is 15.5 Å². The molecule has 2 aromatic rings. The van der Waals surface area contributed by atoms with Crippen LogP contribution in [-0.2, 0) is 29.7 Å². The smallest absolute Gasteiger partial charge is 0.247 e. The Labute approximate surface area is 200 Å². The highest BCUT2D eigenvalue weighted by Crippen LogP contribution is 2.20. The lowest BCUT2D eigenvalue weighted by Crippen LogP contribution is -2.36. The number of hydrogen-bond acceptors (Lipinski definition) is 5. The molecule has 3 rings (SSSR count). The van der Waals surface area contributed by atoms with E-state index in [0.29, 0.717) is 19.0 Å². The molecule has 2 heterocycles. The summed E-state index contributed by atoms with van der Waals surface area (Å²) >= 11 is 1.17. The quantitative estimate of drug-likeness (QED) is 0.261. The van der Waals surface area contributed by atoms with Crippen LogP contribution in [0.25, 0.3) is 0 Å². The van der Waals surface area contributed by atoms with Crippen molar-refractivity contribution in [3.63, 3.8) is 0 Å². The van der Waals surface area contributed by atoms with Crippen LogP contribution in [0.1, 0.15) is 35.8 Å². The fourth-order valence-electron chi connectivity index (χ4n) is 3.24. The lowest BCUT2D eigenvalue weighted by molar-refractivity contribution is 0.331. The maximum atomic E-state index is 11.4. The summed E-state index contributed by atoms with van der Waals surface area (Å²) in [6.07, 6.45) is 2.61. The molecule has 1 aliphatic rings. The first kappa shape index (κ1) is 25.1. The number of hydrogen-bond donors (Lipinski definition) is 3. The number of likely N-dealkylation sites (tertiary alicyclic amines) is 1. The van der Waals surface area contributed by atoms with Gasteiger partial charge in [0.25, 0.3) is 0 Å². The highest BCUT2D eigenvalue weighted by molar-refractivity contribution is 14.0. The standard InChI is InChI=1S/C20H29N5O2S2.HI/c1-2-22-20(24-14-18-9-10-19(28-18)29(21,26)27)23-13-16-5-7-17(8-6-16)15-25-11-3-4-12-25;/h5-10H,2-4,11-15H2,1H3,(H2,21,26,27)(H2,22,23,24);1H. The van der Waals surface area contributed by atoms with Crippen LogP contribution >= 0.6 is 35.3 Å². The van der Waals surface area contributed by atoms with Gasteiger partial charge in [-0.3, -0.25) is 4.90 Å². The van der Waals surface area contributed by atoms with Crippen LogP contribution in [0.4, 0.5) is 0 Å². The van der Waals surface area contributed by atoms with Crippen LogP contribution in [0.15, 0.2) is 45.6 Å². The Balaban J connectivity index is 0.00000320. The number of sulfonamides is 1. The van der Waals surface area contributed by atoms with Crippen molar-refractivity contribution in [2.24, 2.45) is 10.1 Å². The Morgan fingerprint density at radius 3 is 2.37 bits per heavy atom. The minimum Gasteiger partial charge on any atom is -0.357 e. The molecule has 1 saturated heterocycles. The monoisotopic (exact) mass is 563 g/mol. The van der Waals surface area contributed by atoms with Crippen LogP contribution in [-0.4, -0.2) is 38.9 Å². The minimum atomic E-state index is -3.65. The fraction of sp³-hybridized carbons (Fsp3) is 0.450. The van der Waals surface area contributed by atoms with Gasteiger partial charge in [0.2, 0.25) is 10.0 Å². The van der Waals surface area contributed by atoms with Gasteiger partial charge in [-0.05, 0) is 56.1 Å². The number of rotatable bonds is 8. The molecular formula is C20H30IN5O2S2. The maximum Gasteiger partial charge on any atom is 0.247 e. The largest absolute Gasteiger partial charge is 0.357 e. The summed E-state index contributed by atoms with van der Waals surface area (Å²) < 4.78 is 23.0. The van der Waals surface area contributed by atoms with Crippen molar-refractivity contribution in [3.8, 4) is 0 Å². The molecule has 0 saturated carbocycles. The predicted molar refractivity (Wildman–Crippen MR) is 134 cm³/mol. The third kappa shape index (κ3) is 7.80. The van der Waals surface area contributed by atoms with E-state index in [1.807, 2.05) is 6.92 Å². The van der Waals surface area contributed by atoms with Gasteiger partial charge < -0.3 is 10.6 Å². The van der Waals surface area contributed by atoms with E-state index in [9.17, 15) is 8.42 Å². The highest BCUT2D eigenvalue weighted by Gasteiger charge is 2.12. The number of thiophene rings is 1. The molecule has 30 heavy (non-hydrogen) atoms. The van der Waals surface area contributed by atoms with Crippen molar-refractivity contribution < 1.29 is 8.42 Å². The second-order valence-corrected chi connectivity index (χ2v) is 10.1. The summed E-state index contributed by atoms with van der Waals surface area (Å²) in [6, 6.07) is 11.9. The zero-order valence-corrected chi connectivity index (χ0v) is 21.1. The SMILES string of the molecule is CCNC(=NCc1ccc(CN2CCCC2)cc1)NCc1ccc(S(N)(=O)=O)s1.I. The minimum absolute atomic E-state index is 0. The van der Waals surface area contributed by atoms with E-state index in [1.54, 1.807) is 6.07 Å². The Morgan fingerprint density at radius 2 is 1.77 bits per heavy atom. The van der Waals surface area contributed by atoms with Crippen LogP contribution in [0.5, 0.6) is 0 Å². The van der Waals surface area contributed by atoms with E-state index in [2.05, 4.69) is 44.8 Å². The number of nitrogens with zero attached hydrogens (tertiary/aromatic N) is 2. The normalized spacial score (nSPS) is 15.1. The van der Waals surface area contributed by atoms with Crippen molar-refractivity contribution in [2.45, 2.75) is 43.6 Å². The van der Waals surface area contributed by atoms with E-state index in [-0.39, 0.29) is 28.2 Å². The molecule has 0 unspecified atom stereocenters. The van der Waals surface area contributed by atoms with Gasteiger partial charge in [-0.25, -0.2) is 18.5 Å². The first-order valence-corrected chi connectivity index (χ1v) is 12.2. The summed E-state index contributed by atoms with van der Waals surface area (Å²) in [5.41, 5.74) is 2.49. The van der Waals surface area contributed by atoms with Gasteiger partial charge >= 0.3 is 0 Å². The number of guanidine groups is 1. The first-order chi connectivity index (χ1) is 13.9. The zero-order chi connectivity index (χ0) is 20.7. The van der Waals surface area contributed by atoms with Gasteiger partial charge in [0.1, 0.15) is 4.21 Å². The highest BCUT2D eigenvalue weighted by atomic mass is 127. The molecule has 0 radical (unpaired) electrons. The van der Waals surface area contributed by atoms with Crippen molar-refractivity contribution in [2.75, 3.05) is 19.6 Å². The Morgan fingerprint density at radius 1 is 1.10 bits per heavy atom. The predicted octanol–water partition coefficient (Wildman–Crippen LogP) is 2.86. The molecule has 0 aliphatic carbocycles. The molecule has 0 spiro atoms. The van der Waals surface area contributed by atoms with Gasteiger partial charge in [-0.15, -0.1) is 35.3 Å². The van der Waals surface area contributed by atoms with Gasteiger partial charge in [0.05, 0.1) is 13.1 Å². The van der Waals surface area contributed by atoms with Crippen LogP contribution in [0.2, 0.25) is 0 Å². The third-order valence-corrected chi connectivity index (χ3v) is 7.26. The second-order valence-electron chi connectivity index (χ2n) is 7.11. The molecule has 1 aliphatic heterocycles. The number of halogens is 1. The Bertz CT molecular complexity index is 923. The molecule has 10 heteroatoms. The molecular weight excluding hydrogens is 533 g/mol. The molecule has 0 bridgehead atoms. The average molecular weight is 564 g/mol. The number of primary sulfonamides is 1. The van der Waals surface area contributed by atoms with Gasteiger partial charge in [-0.1, -0.05) is 24.3 Å². The van der Waals surface area contributed by atoms with Crippen molar-refractivity contribution >= 4 is 51.3 Å². The molecule has 4 N–H and O–H groups in total. The summed E-state index contributed by atoms with van der Waals surface area (Å²) in [7, 11) is -3.65. The zero-order valence-electron chi connectivity index (χ0n) is 17.1. The second kappa shape index (κ2) is 12.0. The van der Waals surface area contributed by atoms with Crippen LogP contribution < -0.4 is 15.8 Å². The molecule has 166 valence electrons. The molecule has 0 amide bonds. The van der Waals surface area contributed by atoms with E-state index >= 15 is 0 Å². The topological polar surface area (TPSA) is 99.8 Å². The number of benzene rings is 1. The first-order valence-electron chi connectivity index (χ1n) is 9.88. The van der Waals surface area contributed by atoms with Crippen molar-refractivity contribution in [1.29, 1.82) is 0 Å². The average Bonchev–Trinajstić information content (AvgIpc) is 3.37. The molecule has 7 nitrogen and oxygen atoms in total. The maximum absolute atomic E-state index is 11.4. The number of aliphatic imine (C=N–C) groups is 1. The summed E-state index contributed by atoms with van der Waals surface area (Å²) in [5.74, 6) is 0.694. The Kier molecular flexibility index (Phi) is 10.0. The third-order valence-electron chi connectivity index (χ3n) is 4.74. The van der Waals surface area contributed by atoms with E-state index in [1.165, 1.54) is 48.9 Å². The Hall–Kier alpha value is -1.21. The van der Waals surface area contributed by atoms with Gasteiger partial charge in [0, 0.05) is 18.0 Å². The summed E-state index contributed by atoms with van der Waals surface area (Å²) in [6.45, 7) is 7.24. The summed E-state index contributed by atoms with van der Waals surface area (Å²) in [5, 5.41) is 11.6. The van der Waals surface area contributed by atoms with Gasteiger partial charge in [-0.2, -0.15) is 0 Å². The summed E-state index contributed by atoms with van der Waals surface area (Å²) in [4.78, 5) is 8.01. The molecule has 1 fully saturated rings. The van der Waals surface area contributed by atoms with Crippen molar-refractivity contribution in [3.05, 3.63) is 52.4 Å². The number of nitrogens with one attached hydrogen (secondary N) is 2. The van der Waals surface area contributed by atoms with E-state index in [0.717, 1.165) is 23.5 Å². The molecule has 1 aromatic carbocycles. The lowest BCUT2D eigenvalue weighted by Gasteiger charge is -2.14. The van der Waals surface area contributed by atoms with Crippen LogP contribution in [0, 0.1) is 0 Å². The number of nitrogens with two attached hydrogens (primary N) is 1. The molecule has 0 atom stereocenters. The fourth-order valence-corrected chi connectivity index (χ4v) is 4.96. The van der Waals surface area contributed by atoms with E-state index < -0.39 is 10.0 Å².